The summed E-state index contributed by atoms with van der Waals surface area (Å²) in [5.74, 6) is -1.03. The fourth-order valence-corrected chi connectivity index (χ4v) is 4.38. The smallest absolute Gasteiger partial charge is 0.256 e. The van der Waals surface area contributed by atoms with Crippen LogP contribution in [0, 0.1) is 5.41 Å². The van der Waals surface area contributed by atoms with Crippen molar-refractivity contribution in [2.45, 2.75) is 12.3 Å². The molecule has 1 aliphatic carbocycles. The molecule has 8 nitrogen and oxygen atoms in total. The Hall–Kier alpha value is -4.33. The highest BCUT2D eigenvalue weighted by Crippen LogP contribution is 2.60. The third kappa shape index (κ3) is 3.45. The highest BCUT2D eigenvalue weighted by atomic mass is 16.5. The van der Waals surface area contributed by atoms with E-state index in [-0.39, 0.29) is 11.8 Å². The van der Waals surface area contributed by atoms with Crippen molar-refractivity contribution in [2.24, 2.45) is 11.1 Å². The molecule has 1 saturated carbocycles. The summed E-state index contributed by atoms with van der Waals surface area (Å²) in [6.07, 6.45) is 3.88. The monoisotopic (exact) mass is 442 g/mol. The second kappa shape index (κ2) is 7.67. The van der Waals surface area contributed by atoms with E-state index in [4.69, 9.17) is 10.5 Å². The third-order valence-electron chi connectivity index (χ3n) is 6.30. The van der Waals surface area contributed by atoms with Crippen molar-refractivity contribution in [1.82, 2.24) is 4.98 Å². The number of nitrogens with one attached hydrogen (secondary N) is 3. The maximum atomic E-state index is 13.1. The predicted molar refractivity (Wildman–Crippen MR) is 124 cm³/mol. The van der Waals surface area contributed by atoms with E-state index in [1.807, 2.05) is 30.3 Å². The van der Waals surface area contributed by atoms with Gasteiger partial charge in [-0.2, -0.15) is 0 Å². The summed E-state index contributed by atoms with van der Waals surface area (Å²) in [5, 5.41) is 5.66. The average Bonchev–Trinajstić information content (AvgIpc) is 3.24. The first-order valence-corrected chi connectivity index (χ1v) is 10.5. The van der Waals surface area contributed by atoms with Crippen molar-refractivity contribution >= 4 is 40.7 Å². The summed E-state index contributed by atoms with van der Waals surface area (Å²) in [5.41, 5.74) is 8.47. The molecule has 8 heteroatoms. The fraction of sp³-hybridized carbons (Fsp3) is 0.160. The summed E-state index contributed by atoms with van der Waals surface area (Å²) in [6, 6.07) is 16.1. The van der Waals surface area contributed by atoms with Gasteiger partial charge in [-0.25, -0.2) is 0 Å². The normalized spacial score (nSPS) is 21.9. The van der Waals surface area contributed by atoms with E-state index in [2.05, 4.69) is 15.6 Å². The van der Waals surface area contributed by atoms with Crippen molar-refractivity contribution in [3.63, 3.8) is 0 Å². The van der Waals surface area contributed by atoms with E-state index >= 15 is 0 Å². The van der Waals surface area contributed by atoms with Gasteiger partial charge in [0.15, 0.2) is 0 Å². The lowest BCUT2D eigenvalue weighted by Gasteiger charge is -2.15. The number of rotatable bonds is 6. The number of primary amides is 1. The number of amides is 3. The zero-order valence-corrected chi connectivity index (χ0v) is 17.8. The lowest BCUT2D eigenvalue weighted by Crippen LogP contribution is -2.37. The fourth-order valence-electron chi connectivity index (χ4n) is 4.38. The number of carbonyl (C=O) groups excluding carboxylic acids is 3. The maximum absolute atomic E-state index is 13.1. The highest BCUT2D eigenvalue weighted by Gasteiger charge is 2.65. The minimum Gasteiger partial charge on any atom is -0.497 e. The number of H-pyrrole nitrogens is 1. The Kier molecular flexibility index (Phi) is 4.78. The van der Waals surface area contributed by atoms with Crippen LogP contribution in [0.15, 0.2) is 60.8 Å². The predicted octanol–water partition coefficient (Wildman–Crippen LogP) is 3.11. The van der Waals surface area contributed by atoms with Crippen LogP contribution >= 0.6 is 0 Å². The molecule has 2 aromatic carbocycles. The molecule has 1 aromatic heterocycles. The molecule has 5 rings (SSSR count). The van der Waals surface area contributed by atoms with Crippen molar-refractivity contribution in [3.05, 3.63) is 77.6 Å². The minimum atomic E-state index is -1.33. The van der Waals surface area contributed by atoms with Crippen molar-refractivity contribution < 1.29 is 19.1 Å². The minimum absolute atomic E-state index is 0.203. The van der Waals surface area contributed by atoms with Crippen LogP contribution in [0.1, 0.15) is 29.2 Å². The second-order valence-electron chi connectivity index (χ2n) is 8.22. The van der Waals surface area contributed by atoms with E-state index in [1.165, 1.54) is 0 Å². The van der Waals surface area contributed by atoms with Crippen molar-refractivity contribution in [2.75, 3.05) is 17.7 Å². The summed E-state index contributed by atoms with van der Waals surface area (Å²) < 4.78 is 5.13. The van der Waals surface area contributed by atoms with Crippen LogP contribution in [0.4, 0.5) is 11.4 Å². The molecule has 1 fully saturated rings. The second-order valence-corrected chi connectivity index (χ2v) is 8.22. The number of hydrogen-bond acceptors (Lipinski definition) is 4. The van der Waals surface area contributed by atoms with Crippen LogP contribution < -0.4 is 21.1 Å². The number of methoxy groups -OCH3 is 1. The van der Waals surface area contributed by atoms with E-state index in [9.17, 15) is 14.4 Å². The zero-order valence-electron chi connectivity index (χ0n) is 17.8. The van der Waals surface area contributed by atoms with E-state index in [0.29, 0.717) is 29.1 Å². The molecule has 0 spiro atoms. The van der Waals surface area contributed by atoms with Gasteiger partial charge in [-0.05, 0) is 60.5 Å². The zero-order chi connectivity index (χ0) is 23.2. The molecule has 2 atom stereocenters. The van der Waals surface area contributed by atoms with Gasteiger partial charge >= 0.3 is 0 Å². The van der Waals surface area contributed by atoms with Crippen LogP contribution in [-0.4, -0.2) is 29.8 Å². The largest absolute Gasteiger partial charge is 0.497 e. The Balaban J connectivity index is 1.40. The lowest BCUT2D eigenvalue weighted by molar-refractivity contribution is -0.132. The van der Waals surface area contributed by atoms with Gasteiger partial charge in [-0.1, -0.05) is 12.1 Å². The van der Waals surface area contributed by atoms with Gasteiger partial charge in [-0.3, -0.25) is 14.4 Å². The Morgan fingerprint density at radius 1 is 1.18 bits per heavy atom. The lowest BCUT2D eigenvalue weighted by atomic mass is 9.95. The third-order valence-corrected chi connectivity index (χ3v) is 6.30. The van der Waals surface area contributed by atoms with Gasteiger partial charge in [0.1, 0.15) is 11.2 Å². The maximum Gasteiger partial charge on any atom is 0.256 e. The SMILES string of the molecule is COc1ccc(NC(=O)C2(C(N)=O)CC2c2ccc3c(c2)NC(=O)C3=Cc2ccc[nH]2)cc1. The van der Waals surface area contributed by atoms with Crippen LogP contribution in [0.3, 0.4) is 0 Å². The van der Waals surface area contributed by atoms with Crippen LogP contribution in [0.5, 0.6) is 5.75 Å². The standard InChI is InChI=1S/C25H22N4O4/c1-33-17-7-5-15(6-8-17)28-24(32)25(23(26)31)13-20(25)14-4-9-18-19(12-16-3-2-10-27-16)22(30)29-21(18)11-14/h2-12,20,27H,13H2,1H3,(H2,26,31)(H,28,32)(H,29,30). The molecular weight excluding hydrogens is 420 g/mol. The number of fused-ring (bicyclic) bond motifs is 1. The van der Waals surface area contributed by atoms with Gasteiger partial charge in [0.2, 0.25) is 11.8 Å². The van der Waals surface area contributed by atoms with Gasteiger partial charge in [0.05, 0.1) is 12.7 Å². The molecule has 3 aromatic rings. The molecule has 1 aliphatic heterocycles. The number of anilines is 2. The van der Waals surface area contributed by atoms with Gasteiger partial charge in [0.25, 0.3) is 5.91 Å². The van der Waals surface area contributed by atoms with Crippen LogP contribution in [-0.2, 0) is 14.4 Å². The molecule has 33 heavy (non-hydrogen) atoms. The number of nitrogens with two attached hydrogens (primary N) is 1. The van der Waals surface area contributed by atoms with Crippen LogP contribution in [0.25, 0.3) is 11.6 Å². The van der Waals surface area contributed by atoms with E-state index in [0.717, 1.165) is 16.8 Å². The summed E-state index contributed by atoms with van der Waals surface area (Å²) in [6.45, 7) is 0. The van der Waals surface area contributed by atoms with Gasteiger partial charge in [-0.15, -0.1) is 0 Å². The van der Waals surface area contributed by atoms with E-state index < -0.39 is 17.2 Å². The number of ether oxygens (including phenoxy) is 1. The summed E-state index contributed by atoms with van der Waals surface area (Å²) >= 11 is 0. The summed E-state index contributed by atoms with van der Waals surface area (Å²) in [4.78, 5) is 41.0. The number of carbonyl (C=O) groups is 3. The summed E-state index contributed by atoms with van der Waals surface area (Å²) in [7, 11) is 1.56. The molecule has 0 saturated heterocycles. The first kappa shape index (κ1) is 20.6. The Bertz CT molecular complexity index is 1290. The molecule has 166 valence electrons. The van der Waals surface area contributed by atoms with Crippen molar-refractivity contribution in [1.29, 1.82) is 0 Å². The number of benzene rings is 2. The average molecular weight is 442 g/mol. The molecule has 2 aliphatic rings. The first-order valence-electron chi connectivity index (χ1n) is 10.5. The number of aromatic nitrogens is 1. The molecule has 3 amide bonds. The molecule has 5 N–H and O–H groups in total. The molecule has 0 bridgehead atoms. The highest BCUT2D eigenvalue weighted by molar-refractivity contribution is 6.34. The van der Waals surface area contributed by atoms with E-state index in [1.54, 1.807) is 43.6 Å². The van der Waals surface area contributed by atoms with Gasteiger partial charge in [0, 0.05) is 34.7 Å². The first-order chi connectivity index (χ1) is 15.9. The molecular formula is C25H22N4O4. The van der Waals surface area contributed by atoms with Crippen molar-refractivity contribution in [3.8, 4) is 5.75 Å². The Morgan fingerprint density at radius 3 is 2.64 bits per heavy atom. The molecule has 2 unspecified atom stereocenters. The molecule has 2 heterocycles. The van der Waals surface area contributed by atoms with Gasteiger partial charge < -0.3 is 26.1 Å². The number of hydrogen-bond donors (Lipinski definition) is 4. The molecule has 0 radical (unpaired) electrons. The topological polar surface area (TPSA) is 126 Å². The number of aromatic amines is 1. The Labute approximate surface area is 189 Å². The quantitative estimate of drug-likeness (QED) is 0.346. The van der Waals surface area contributed by atoms with Crippen LogP contribution in [0.2, 0.25) is 0 Å². The Morgan fingerprint density at radius 2 is 1.97 bits per heavy atom.